The van der Waals surface area contributed by atoms with E-state index in [4.69, 9.17) is 14.0 Å². The van der Waals surface area contributed by atoms with Crippen LogP contribution < -0.4 is 9.47 Å². The van der Waals surface area contributed by atoms with Gasteiger partial charge in [-0.25, -0.2) is 4.39 Å². The summed E-state index contributed by atoms with van der Waals surface area (Å²) in [7, 11) is 3.07. The maximum atomic E-state index is 13.1. The molecule has 1 atom stereocenters. The van der Waals surface area contributed by atoms with Gasteiger partial charge in [0.25, 0.3) is 5.91 Å². The smallest absolute Gasteiger partial charge is 0.254 e. The van der Waals surface area contributed by atoms with Crippen LogP contribution in [0.25, 0.3) is 11.4 Å². The second-order valence-corrected chi connectivity index (χ2v) is 6.69. The summed E-state index contributed by atoms with van der Waals surface area (Å²) in [5.41, 5.74) is 1.14. The van der Waals surface area contributed by atoms with E-state index in [1.165, 1.54) is 19.2 Å². The molecule has 1 saturated heterocycles. The lowest BCUT2D eigenvalue weighted by atomic mass is 10.1. The zero-order chi connectivity index (χ0) is 20.4. The summed E-state index contributed by atoms with van der Waals surface area (Å²) < 4.78 is 29.1. The molecule has 2 aromatic carbocycles. The zero-order valence-corrected chi connectivity index (χ0v) is 16.1. The Bertz CT molecular complexity index is 1020. The fraction of sp³-hybridized carbons (Fsp3) is 0.286. The highest BCUT2D eigenvalue weighted by Gasteiger charge is 2.35. The molecule has 0 spiro atoms. The van der Waals surface area contributed by atoms with Crippen molar-refractivity contribution >= 4 is 5.91 Å². The number of likely N-dealkylation sites (tertiary alicyclic amines) is 1. The number of carbonyl (C=O) groups is 1. The highest BCUT2D eigenvalue weighted by Crippen LogP contribution is 2.35. The number of hydrogen-bond donors (Lipinski definition) is 0. The Morgan fingerprint density at radius 2 is 1.90 bits per heavy atom. The summed E-state index contributed by atoms with van der Waals surface area (Å²) in [5, 5.41) is 3.99. The van der Waals surface area contributed by atoms with Gasteiger partial charge in [-0.2, -0.15) is 4.98 Å². The van der Waals surface area contributed by atoms with E-state index in [0.29, 0.717) is 40.9 Å². The molecule has 0 unspecified atom stereocenters. The maximum absolute atomic E-state index is 13.1. The molecule has 2 heterocycles. The number of nitrogens with zero attached hydrogens (tertiary/aromatic N) is 3. The molecular formula is C21H20FN3O4. The molecule has 0 bridgehead atoms. The summed E-state index contributed by atoms with van der Waals surface area (Å²) in [6.07, 6.45) is 1.56. The van der Waals surface area contributed by atoms with Gasteiger partial charge >= 0.3 is 0 Å². The average Bonchev–Trinajstić information content (AvgIpc) is 3.42. The van der Waals surface area contributed by atoms with Crippen LogP contribution in [-0.4, -0.2) is 41.7 Å². The number of hydrogen-bond acceptors (Lipinski definition) is 6. The van der Waals surface area contributed by atoms with Crippen molar-refractivity contribution in [2.45, 2.75) is 18.9 Å². The molecule has 150 valence electrons. The zero-order valence-electron chi connectivity index (χ0n) is 16.1. The molecule has 8 heteroatoms. The highest BCUT2D eigenvalue weighted by molar-refractivity contribution is 5.95. The fourth-order valence-electron chi connectivity index (χ4n) is 3.49. The van der Waals surface area contributed by atoms with Crippen LogP contribution in [0, 0.1) is 5.82 Å². The summed E-state index contributed by atoms with van der Waals surface area (Å²) >= 11 is 0. The first kappa shape index (κ1) is 18.9. The van der Waals surface area contributed by atoms with Crippen molar-refractivity contribution in [3.8, 4) is 22.9 Å². The van der Waals surface area contributed by atoms with Crippen LogP contribution in [0.5, 0.6) is 11.5 Å². The molecular weight excluding hydrogens is 377 g/mol. The second-order valence-electron chi connectivity index (χ2n) is 6.69. The topological polar surface area (TPSA) is 77.7 Å². The first-order chi connectivity index (χ1) is 14.1. The number of methoxy groups -OCH3 is 2. The van der Waals surface area contributed by atoms with Crippen LogP contribution in [0.1, 0.15) is 35.1 Å². The normalized spacial score (nSPS) is 16.1. The van der Waals surface area contributed by atoms with E-state index in [-0.39, 0.29) is 17.8 Å². The van der Waals surface area contributed by atoms with E-state index in [1.807, 2.05) is 0 Å². The maximum Gasteiger partial charge on any atom is 0.254 e. The minimum Gasteiger partial charge on any atom is -0.493 e. The Morgan fingerprint density at radius 1 is 1.14 bits per heavy atom. The Labute approximate surface area is 167 Å². The van der Waals surface area contributed by atoms with E-state index in [1.54, 1.807) is 42.3 Å². The summed E-state index contributed by atoms with van der Waals surface area (Å²) in [5.74, 6) is 1.31. The van der Waals surface area contributed by atoms with Crippen molar-refractivity contribution in [3.63, 3.8) is 0 Å². The number of carbonyl (C=O) groups excluding carboxylic acids is 1. The number of benzene rings is 2. The van der Waals surface area contributed by atoms with Crippen LogP contribution >= 0.6 is 0 Å². The number of ether oxygens (including phenoxy) is 2. The monoisotopic (exact) mass is 397 g/mol. The molecule has 0 N–H and O–H groups in total. The third-order valence-corrected chi connectivity index (χ3v) is 4.97. The Balaban J connectivity index is 1.58. The first-order valence-corrected chi connectivity index (χ1v) is 9.23. The van der Waals surface area contributed by atoms with Crippen molar-refractivity contribution in [1.29, 1.82) is 0 Å². The van der Waals surface area contributed by atoms with E-state index in [9.17, 15) is 9.18 Å². The third-order valence-electron chi connectivity index (χ3n) is 4.97. The Hall–Kier alpha value is -3.42. The van der Waals surface area contributed by atoms with Crippen LogP contribution in [0.2, 0.25) is 0 Å². The average molecular weight is 397 g/mol. The van der Waals surface area contributed by atoms with Gasteiger partial charge in [-0.1, -0.05) is 5.16 Å². The predicted octanol–water partition coefficient (Wildman–Crippen LogP) is 3.87. The minimum absolute atomic E-state index is 0.144. The van der Waals surface area contributed by atoms with E-state index < -0.39 is 0 Å². The van der Waals surface area contributed by atoms with Gasteiger partial charge in [-0.3, -0.25) is 4.79 Å². The van der Waals surface area contributed by atoms with Gasteiger partial charge < -0.3 is 18.9 Å². The lowest BCUT2D eigenvalue weighted by Gasteiger charge is -2.22. The summed E-state index contributed by atoms with van der Waals surface area (Å²) in [6, 6.07) is 10.6. The van der Waals surface area contributed by atoms with Gasteiger partial charge in [-0.05, 0) is 55.3 Å². The highest BCUT2D eigenvalue weighted by atomic mass is 19.1. The van der Waals surface area contributed by atoms with Gasteiger partial charge in [0, 0.05) is 17.7 Å². The van der Waals surface area contributed by atoms with Crippen LogP contribution in [0.15, 0.2) is 47.0 Å². The van der Waals surface area contributed by atoms with Crippen molar-refractivity contribution in [2.75, 3.05) is 20.8 Å². The molecule has 0 radical (unpaired) electrons. The summed E-state index contributed by atoms with van der Waals surface area (Å²) in [6.45, 7) is 0.589. The molecule has 3 aromatic rings. The molecule has 7 nitrogen and oxygen atoms in total. The van der Waals surface area contributed by atoms with Gasteiger partial charge in [0.05, 0.1) is 14.2 Å². The minimum atomic E-state index is -0.333. The van der Waals surface area contributed by atoms with Gasteiger partial charge in [0.1, 0.15) is 11.9 Å². The largest absolute Gasteiger partial charge is 0.493 e. The number of rotatable bonds is 5. The molecule has 4 rings (SSSR count). The SMILES string of the molecule is COc1ccc(C(=O)N2CCC[C@H]2c2nc(-c3ccc(F)cc3)no2)cc1OC. The van der Waals surface area contributed by atoms with Gasteiger partial charge in [-0.15, -0.1) is 0 Å². The predicted molar refractivity (Wildman–Crippen MR) is 102 cm³/mol. The summed E-state index contributed by atoms with van der Waals surface area (Å²) in [4.78, 5) is 19.3. The molecule has 1 aliphatic heterocycles. The van der Waals surface area contributed by atoms with E-state index >= 15 is 0 Å². The molecule has 0 aliphatic carbocycles. The van der Waals surface area contributed by atoms with Gasteiger partial charge in [0.2, 0.25) is 11.7 Å². The number of aromatic nitrogens is 2. The third kappa shape index (κ3) is 3.65. The standard InChI is InChI=1S/C21H20FN3O4/c1-27-17-10-7-14(12-18(17)28-2)21(26)25-11-3-4-16(25)20-23-19(24-29-20)13-5-8-15(22)9-6-13/h5-10,12,16H,3-4,11H2,1-2H3/t16-/m0/s1. The van der Waals surface area contributed by atoms with Crippen molar-refractivity contribution in [3.05, 3.63) is 59.7 Å². The molecule has 1 amide bonds. The van der Waals surface area contributed by atoms with Crippen molar-refractivity contribution in [1.82, 2.24) is 15.0 Å². The number of halogens is 1. The van der Waals surface area contributed by atoms with Crippen molar-refractivity contribution < 1.29 is 23.2 Å². The second kappa shape index (κ2) is 7.90. The fourth-order valence-corrected chi connectivity index (χ4v) is 3.49. The molecule has 29 heavy (non-hydrogen) atoms. The Kier molecular flexibility index (Phi) is 5.16. The number of amides is 1. The molecule has 1 aromatic heterocycles. The molecule has 0 saturated carbocycles. The first-order valence-electron chi connectivity index (χ1n) is 9.23. The van der Waals surface area contributed by atoms with Gasteiger partial charge in [0.15, 0.2) is 11.5 Å². The van der Waals surface area contributed by atoms with Crippen LogP contribution in [0.3, 0.4) is 0 Å². The molecule has 1 fully saturated rings. The Morgan fingerprint density at radius 3 is 2.62 bits per heavy atom. The lowest BCUT2D eigenvalue weighted by molar-refractivity contribution is 0.0709. The quantitative estimate of drug-likeness (QED) is 0.650. The van der Waals surface area contributed by atoms with Crippen LogP contribution in [0.4, 0.5) is 4.39 Å². The molecule has 1 aliphatic rings. The lowest BCUT2D eigenvalue weighted by Crippen LogP contribution is -2.30. The van der Waals surface area contributed by atoms with Crippen LogP contribution in [-0.2, 0) is 0 Å². The van der Waals surface area contributed by atoms with Crippen molar-refractivity contribution in [2.24, 2.45) is 0 Å². The van der Waals surface area contributed by atoms with E-state index in [2.05, 4.69) is 10.1 Å². The van der Waals surface area contributed by atoms with E-state index in [0.717, 1.165) is 12.8 Å².